The molecule has 1 aliphatic rings. The summed E-state index contributed by atoms with van der Waals surface area (Å²) in [6.45, 7) is 5.57. The largest absolute Gasteiger partial charge is 0.378 e. The van der Waals surface area contributed by atoms with Crippen molar-refractivity contribution in [2.75, 3.05) is 31.2 Å². The molecule has 110 valence electrons. The highest BCUT2D eigenvalue weighted by molar-refractivity contribution is 5.60. The number of rotatable bonds is 3. The molecule has 0 radical (unpaired) electrons. The van der Waals surface area contributed by atoms with Gasteiger partial charge in [-0.05, 0) is 29.7 Å². The van der Waals surface area contributed by atoms with Gasteiger partial charge in [0.05, 0.1) is 19.3 Å². The number of ether oxygens (including phenoxy) is 1. The van der Waals surface area contributed by atoms with Crippen LogP contribution >= 0.6 is 0 Å². The minimum atomic E-state index is -0.0924. The van der Waals surface area contributed by atoms with Gasteiger partial charge in [-0.2, -0.15) is 0 Å². The van der Waals surface area contributed by atoms with Crippen molar-refractivity contribution >= 4 is 5.69 Å². The molecule has 2 N–H and O–H groups in total. The summed E-state index contributed by atoms with van der Waals surface area (Å²) in [5.41, 5.74) is 11.4. The summed E-state index contributed by atoms with van der Waals surface area (Å²) in [7, 11) is 0. The number of benzene rings is 2. The Morgan fingerprint density at radius 1 is 1.00 bits per heavy atom. The van der Waals surface area contributed by atoms with Gasteiger partial charge in [-0.3, -0.25) is 0 Å². The highest BCUT2D eigenvalue weighted by atomic mass is 16.5. The molecule has 0 aromatic heterocycles. The summed E-state index contributed by atoms with van der Waals surface area (Å²) in [6.07, 6.45) is 0. The molecule has 3 nitrogen and oxygen atoms in total. The molecule has 3 heteroatoms. The third-order valence-corrected chi connectivity index (χ3v) is 4.12. The maximum Gasteiger partial charge on any atom is 0.0642 e. The lowest BCUT2D eigenvalue weighted by atomic mass is 9.93. The lowest BCUT2D eigenvalue weighted by Crippen LogP contribution is -2.37. The van der Waals surface area contributed by atoms with Crippen LogP contribution < -0.4 is 10.6 Å². The van der Waals surface area contributed by atoms with E-state index in [0.29, 0.717) is 0 Å². The van der Waals surface area contributed by atoms with E-state index in [9.17, 15) is 0 Å². The van der Waals surface area contributed by atoms with E-state index in [1.165, 1.54) is 16.8 Å². The van der Waals surface area contributed by atoms with E-state index in [4.69, 9.17) is 10.5 Å². The fourth-order valence-electron chi connectivity index (χ4n) is 2.98. The average molecular weight is 282 g/mol. The predicted octanol–water partition coefficient (Wildman–Crippen LogP) is 2.88. The van der Waals surface area contributed by atoms with E-state index in [2.05, 4.69) is 42.2 Å². The molecule has 1 aliphatic heterocycles. The minimum Gasteiger partial charge on any atom is -0.378 e. The van der Waals surface area contributed by atoms with Gasteiger partial charge in [0.1, 0.15) is 0 Å². The fraction of sp³-hybridized carbons (Fsp3) is 0.333. The summed E-state index contributed by atoms with van der Waals surface area (Å²) < 4.78 is 5.46. The number of hydrogen-bond donors (Lipinski definition) is 1. The van der Waals surface area contributed by atoms with E-state index >= 15 is 0 Å². The standard InChI is InChI=1S/C18H22N2O/c1-14-6-5-9-16(20-10-12-21-13-11-20)17(14)18(19)15-7-3-2-4-8-15/h2-9,18H,10-13,19H2,1H3/t18-/m0/s1. The van der Waals surface area contributed by atoms with Crippen LogP contribution in [0, 0.1) is 6.92 Å². The minimum absolute atomic E-state index is 0.0924. The number of morpholine rings is 1. The van der Waals surface area contributed by atoms with Gasteiger partial charge in [-0.25, -0.2) is 0 Å². The Labute approximate surface area is 126 Å². The van der Waals surface area contributed by atoms with Crippen LogP contribution in [-0.4, -0.2) is 26.3 Å². The zero-order chi connectivity index (χ0) is 14.7. The van der Waals surface area contributed by atoms with Gasteiger partial charge < -0.3 is 15.4 Å². The Balaban J connectivity index is 2.00. The summed E-state index contributed by atoms with van der Waals surface area (Å²) >= 11 is 0. The van der Waals surface area contributed by atoms with E-state index in [1.807, 2.05) is 18.2 Å². The first kappa shape index (κ1) is 14.1. The lowest BCUT2D eigenvalue weighted by Gasteiger charge is -2.32. The number of nitrogens with two attached hydrogens (primary N) is 1. The van der Waals surface area contributed by atoms with Crippen LogP contribution in [0.5, 0.6) is 0 Å². The average Bonchev–Trinajstić information content (AvgIpc) is 2.55. The van der Waals surface area contributed by atoms with Crippen molar-refractivity contribution < 1.29 is 4.74 Å². The Morgan fingerprint density at radius 3 is 2.43 bits per heavy atom. The lowest BCUT2D eigenvalue weighted by molar-refractivity contribution is 0.122. The molecule has 3 rings (SSSR count). The molecule has 2 aromatic rings. The van der Waals surface area contributed by atoms with Crippen LogP contribution in [0.1, 0.15) is 22.7 Å². The van der Waals surface area contributed by atoms with E-state index in [0.717, 1.165) is 31.9 Å². The normalized spacial score (nSPS) is 16.8. The van der Waals surface area contributed by atoms with Crippen LogP contribution in [0.2, 0.25) is 0 Å². The van der Waals surface area contributed by atoms with Crippen molar-refractivity contribution in [2.45, 2.75) is 13.0 Å². The summed E-state index contributed by atoms with van der Waals surface area (Å²) in [6, 6.07) is 16.6. The predicted molar refractivity (Wildman–Crippen MR) is 86.7 cm³/mol. The molecule has 0 bridgehead atoms. The second-order valence-corrected chi connectivity index (χ2v) is 5.50. The van der Waals surface area contributed by atoms with Gasteiger partial charge in [0.2, 0.25) is 0 Å². The summed E-state index contributed by atoms with van der Waals surface area (Å²) in [5, 5.41) is 0. The Bertz CT molecular complexity index is 591. The monoisotopic (exact) mass is 282 g/mol. The zero-order valence-electron chi connectivity index (χ0n) is 12.5. The number of aryl methyl sites for hydroxylation is 1. The SMILES string of the molecule is Cc1cccc(N2CCOCC2)c1[C@@H](N)c1ccccc1. The van der Waals surface area contributed by atoms with Crippen molar-refractivity contribution in [3.8, 4) is 0 Å². The molecule has 0 saturated carbocycles. The van der Waals surface area contributed by atoms with Crippen LogP contribution in [0.25, 0.3) is 0 Å². The first-order valence-electron chi connectivity index (χ1n) is 7.50. The molecule has 1 saturated heterocycles. The molecule has 21 heavy (non-hydrogen) atoms. The maximum absolute atomic E-state index is 6.57. The van der Waals surface area contributed by atoms with E-state index in [1.54, 1.807) is 0 Å². The molecule has 0 aliphatic carbocycles. The smallest absolute Gasteiger partial charge is 0.0642 e. The molecule has 2 aromatic carbocycles. The fourth-order valence-corrected chi connectivity index (χ4v) is 2.98. The van der Waals surface area contributed by atoms with Gasteiger partial charge >= 0.3 is 0 Å². The third-order valence-electron chi connectivity index (χ3n) is 4.12. The molecular weight excluding hydrogens is 260 g/mol. The first-order valence-corrected chi connectivity index (χ1v) is 7.50. The molecule has 0 unspecified atom stereocenters. The van der Waals surface area contributed by atoms with Crippen molar-refractivity contribution in [1.29, 1.82) is 0 Å². The molecule has 1 atom stereocenters. The van der Waals surface area contributed by atoms with E-state index in [-0.39, 0.29) is 6.04 Å². The van der Waals surface area contributed by atoms with Crippen molar-refractivity contribution in [3.63, 3.8) is 0 Å². The van der Waals surface area contributed by atoms with Crippen LogP contribution in [-0.2, 0) is 4.74 Å². The van der Waals surface area contributed by atoms with Gasteiger partial charge in [0, 0.05) is 18.8 Å². The first-order chi connectivity index (χ1) is 10.3. The van der Waals surface area contributed by atoms with Gasteiger partial charge in [-0.15, -0.1) is 0 Å². The maximum atomic E-state index is 6.57. The van der Waals surface area contributed by atoms with E-state index < -0.39 is 0 Å². The molecular formula is C18H22N2O. The summed E-state index contributed by atoms with van der Waals surface area (Å²) in [5.74, 6) is 0. The second kappa shape index (κ2) is 6.29. The summed E-state index contributed by atoms with van der Waals surface area (Å²) in [4.78, 5) is 2.38. The topological polar surface area (TPSA) is 38.5 Å². The molecule has 1 fully saturated rings. The number of anilines is 1. The van der Waals surface area contributed by atoms with Crippen molar-refractivity contribution in [3.05, 3.63) is 65.2 Å². The van der Waals surface area contributed by atoms with Gasteiger partial charge in [-0.1, -0.05) is 42.5 Å². The van der Waals surface area contributed by atoms with Crippen LogP contribution in [0.15, 0.2) is 48.5 Å². The number of hydrogen-bond acceptors (Lipinski definition) is 3. The highest BCUT2D eigenvalue weighted by Gasteiger charge is 2.20. The second-order valence-electron chi connectivity index (χ2n) is 5.50. The Kier molecular flexibility index (Phi) is 4.23. The van der Waals surface area contributed by atoms with Gasteiger partial charge in [0.15, 0.2) is 0 Å². The van der Waals surface area contributed by atoms with Crippen molar-refractivity contribution in [2.24, 2.45) is 5.73 Å². The molecule has 1 heterocycles. The number of nitrogens with zero attached hydrogens (tertiary/aromatic N) is 1. The van der Waals surface area contributed by atoms with Crippen LogP contribution in [0.4, 0.5) is 5.69 Å². The third kappa shape index (κ3) is 2.94. The Morgan fingerprint density at radius 2 is 1.71 bits per heavy atom. The van der Waals surface area contributed by atoms with Gasteiger partial charge in [0.25, 0.3) is 0 Å². The molecule has 0 amide bonds. The quantitative estimate of drug-likeness (QED) is 0.940. The zero-order valence-corrected chi connectivity index (χ0v) is 12.5. The molecule has 0 spiro atoms. The highest BCUT2D eigenvalue weighted by Crippen LogP contribution is 2.32. The Hall–Kier alpha value is -1.84. The van der Waals surface area contributed by atoms with Crippen LogP contribution in [0.3, 0.4) is 0 Å². The van der Waals surface area contributed by atoms with Crippen molar-refractivity contribution in [1.82, 2.24) is 0 Å².